The lowest BCUT2D eigenvalue weighted by molar-refractivity contribution is -0.133. The Bertz CT molecular complexity index is 295. The number of rotatable bonds is 7. The lowest BCUT2D eigenvalue weighted by atomic mass is 10.2. The van der Waals surface area contributed by atoms with E-state index in [1.54, 1.807) is 11.9 Å². The molecule has 1 saturated heterocycles. The van der Waals surface area contributed by atoms with E-state index < -0.39 is 0 Å². The minimum absolute atomic E-state index is 0.0186. The van der Waals surface area contributed by atoms with Gasteiger partial charge in [-0.2, -0.15) is 5.26 Å². The van der Waals surface area contributed by atoms with E-state index in [0.29, 0.717) is 26.1 Å². The zero-order chi connectivity index (χ0) is 13.4. The molecule has 2 atom stereocenters. The molecule has 0 aromatic rings. The van der Waals surface area contributed by atoms with Crippen molar-refractivity contribution in [2.24, 2.45) is 0 Å². The molecule has 5 heteroatoms. The van der Waals surface area contributed by atoms with Crippen LogP contribution in [0.15, 0.2) is 0 Å². The Morgan fingerprint density at radius 2 is 2.44 bits per heavy atom. The second-order valence-electron chi connectivity index (χ2n) is 4.68. The molecule has 1 aliphatic rings. The molecule has 0 saturated carbocycles. The first-order chi connectivity index (χ1) is 8.65. The van der Waals surface area contributed by atoms with Crippen molar-refractivity contribution in [1.29, 1.82) is 5.26 Å². The third-order valence-electron chi connectivity index (χ3n) is 3.23. The Morgan fingerprint density at radius 3 is 3.06 bits per heavy atom. The first-order valence-corrected chi connectivity index (χ1v) is 6.47. The summed E-state index contributed by atoms with van der Waals surface area (Å²) in [6.45, 7) is 3.68. The summed E-state index contributed by atoms with van der Waals surface area (Å²) in [6.07, 6.45) is 3.07. The third kappa shape index (κ3) is 5.03. The molecule has 0 spiro atoms. The monoisotopic (exact) mass is 254 g/mol. The highest BCUT2D eigenvalue weighted by atomic mass is 16.5. The maximum atomic E-state index is 11.8. The molecule has 1 rings (SSSR count). The van der Waals surface area contributed by atoms with E-state index in [1.807, 2.05) is 6.92 Å². The smallest absolute Gasteiger partial charge is 0.224 e. The molecule has 0 N–H and O–H groups in total. The van der Waals surface area contributed by atoms with Gasteiger partial charge in [-0.15, -0.1) is 0 Å². The maximum absolute atomic E-state index is 11.8. The minimum atomic E-state index is -0.0411. The summed E-state index contributed by atoms with van der Waals surface area (Å²) >= 11 is 0. The lowest BCUT2D eigenvalue weighted by Crippen LogP contribution is -2.35. The van der Waals surface area contributed by atoms with Crippen LogP contribution in [-0.2, 0) is 14.3 Å². The van der Waals surface area contributed by atoms with Gasteiger partial charge in [-0.1, -0.05) is 0 Å². The number of hydrogen-bond donors (Lipinski definition) is 0. The second kappa shape index (κ2) is 8.06. The molecule has 5 nitrogen and oxygen atoms in total. The molecule has 1 fully saturated rings. The van der Waals surface area contributed by atoms with Crippen LogP contribution in [0, 0.1) is 11.3 Å². The predicted octanol–water partition coefficient (Wildman–Crippen LogP) is 1.33. The maximum Gasteiger partial charge on any atom is 0.224 e. The Labute approximate surface area is 109 Å². The van der Waals surface area contributed by atoms with Crippen LogP contribution >= 0.6 is 0 Å². The number of hydrogen-bond acceptors (Lipinski definition) is 4. The van der Waals surface area contributed by atoms with Gasteiger partial charge < -0.3 is 14.4 Å². The van der Waals surface area contributed by atoms with E-state index >= 15 is 0 Å². The standard InChI is InChI=1S/C13H22N2O3/c1-11(5-7-14)15(2)13(16)6-9-17-10-12-4-3-8-18-12/h11-12H,3-6,8-10H2,1-2H3. The van der Waals surface area contributed by atoms with Gasteiger partial charge in [-0.3, -0.25) is 4.79 Å². The Morgan fingerprint density at radius 1 is 1.67 bits per heavy atom. The van der Waals surface area contributed by atoms with Crippen LogP contribution in [0.3, 0.4) is 0 Å². The Hall–Kier alpha value is -1.12. The topological polar surface area (TPSA) is 62.6 Å². The van der Waals surface area contributed by atoms with Crippen molar-refractivity contribution < 1.29 is 14.3 Å². The largest absolute Gasteiger partial charge is 0.378 e. The first kappa shape index (κ1) is 14.9. The second-order valence-corrected chi connectivity index (χ2v) is 4.68. The van der Waals surface area contributed by atoms with E-state index in [0.717, 1.165) is 19.4 Å². The van der Waals surface area contributed by atoms with Crippen molar-refractivity contribution in [2.45, 2.75) is 44.8 Å². The number of carbonyl (C=O) groups excluding carboxylic acids is 1. The van der Waals surface area contributed by atoms with E-state index in [-0.39, 0.29) is 18.1 Å². The van der Waals surface area contributed by atoms with Crippen LogP contribution in [0.25, 0.3) is 0 Å². The van der Waals surface area contributed by atoms with Crippen LogP contribution in [0.1, 0.15) is 32.6 Å². The van der Waals surface area contributed by atoms with Crippen molar-refractivity contribution in [3.05, 3.63) is 0 Å². The summed E-state index contributed by atoms with van der Waals surface area (Å²) in [7, 11) is 1.73. The number of amides is 1. The van der Waals surface area contributed by atoms with E-state index in [1.165, 1.54) is 0 Å². The summed E-state index contributed by atoms with van der Waals surface area (Å²) in [4.78, 5) is 13.4. The van der Waals surface area contributed by atoms with Crippen LogP contribution < -0.4 is 0 Å². The quantitative estimate of drug-likeness (QED) is 0.643. The zero-order valence-electron chi connectivity index (χ0n) is 11.2. The molecule has 1 amide bonds. The number of carbonyl (C=O) groups is 1. The fourth-order valence-corrected chi connectivity index (χ4v) is 1.84. The minimum Gasteiger partial charge on any atom is -0.378 e. The van der Waals surface area contributed by atoms with Gasteiger partial charge in [-0.25, -0.2) is 0 Å². The number of nitrogens with zero attached hydrogens (tertiary/aromatic N) is 2. The van der Waals surface area contributed by atoms with Gasteiger partial charge in [0.15, 0.2) is 0 Å². The van der Waals surface area contributed by atoms with Crippen LogP contribution in [0.4, 0.5) is 0 Å². The van der Waals surface area contributed by atoms with Gasteiger partial charge in [0.05, 0.1) is 38.2 Å². The van der Waals surface area contributed by atoms with Crippen molar-refractivity contribution >= 4 is 5.91 Å². The van der Waals surface area contributed by atoms with Gasteiger partial charge in [0.1, 0.15) is 0 Å². The highest BCUT2D eigenvalue weighted by Crippen LogP contribution is 2.12. The number of ether oxygens (including phenoxy) is 2. The van der Waals surface area contributed by atoms with Gasteiger partial charge in [0.2, 0.25) is 5.91 Å². The Kier molecular flexibility index (Phi) is 6.69. The first-order valence-electron chi connectivity index (χ1n) is 6.47. The molecule has 0 aliphatic carbocycles. The summed E-state index contributed by atoms with van der Waals surface area (Å²) in [6, 6.07) is 2.02. The molecule has 0 aromatic carbocycles. The third-order valence-corrected chi connectivity index (χ3v) is 3.23. The molecule has 0 bridgehead atoms. The molecule has 1 heterocycles. The average molecular weight is 254 g/mol. The van der Waals surface area contributed by atoms with E-state index in [4.69, 9.17) is 14.7 Å². The van der Waals surface area contributed by atoms with Gasteiger partial charge >= 0.3 is 0 Å². The van der Waals surface area contributed by atoms with Crippen molar-refractivity contribution in [3.63, 3.8) is 0 Å². The molecule has 0 radical (unpaired) electrons. The molecule has 1 aliphatic heterocycles. The fraction of sp³-hybridized carbons (Fsp3) is 0.846. The van der Waals surface area contributed by atoms with Gasteiger partial charge in [-0.05, 0) is 19.8 Å². The van der Waals surface area contributed by atoms with Crippen molar-refractivity contribution in [3.8, 4) is 6.07 Å². The zero-order valence-corrected chi connectivity index (χ0v) is 11.2. The molecule has 2 unspecified atom stereocenters. The van der Waals surface area contributed by atoms with E-state index in [9.17, 15) is 4.79 Å². The molecular weight excluding hydrogens is 232 g/mol. The van der Waals surface area contributed by atoms with Crippen LogP contribution in [-0.4, -0.2) is 49.8 Å². The lowest BCUT2D eigenvalue weighted by Gasteiger charge is -2.23. The summed E-state index contributed by atoms with van der Waals surface area (Å²) in [5.74, 6) is 0.0186. The van der Waals surface area contributed by atoms with Crippen molar-refractivity contribution in [2.75, 3.05) is 26.9 Å². The molecular formula is C13H22N2O3. The highest BCUT2D eigenvalue weighted by molar-refractivity contribution is 5.76. The molecule has 0 aromatic heterocycles. The van der Waals surface area contributed by atoms with Crippen molar-refractivity contribution in [1.82, 2.24) is 4.90 Å². The van der Waals surface area contributed by atoms with Gasteiger partial charge in [0.25, 0.3) is 0 Å². The highest BCUT2D eigenvalue weighted by Gasteiger charge is 2.17. The van der Waals surface area contributed by atoms with Gasteiger partial charge in [0, 0.05) is 19.7 Å². The summed E-state index contributed by atoms with van der Waals surface area (Å²) in [5.41, 5.74) is 0. The summed E-state index contributed by atoms with van der Waals surface area (Å²) in [5, 5.41) is 8.58. The summed E-state index contributed by atoms with van der Waals surface area (Å²) < 4.78 is 10.9. The molecule has 18 heavy (non-hydrogen) atoms. The normalized spacial score (nSPS) is 20.4. The Balaban J connectivity index is 2.10. The fourth-order valence-electron chi connectivity index (χ4n) is 1.84. The van der Waals surface area contributed by atoms with Crippen LogP contribution in [0.5, 0.6) is 0 Å². The molecule has 102 valence electrons. The number of nitriles is 1. The SMILES string of the molecule is CC(CC#N)N(C)C(=O)CCOCC1CCCO1. The van der Waals surface area contributed by atoms with Crippen LogP contribution in [0.2, 0.25) is 0 Å². The van der Waals surface area contributed by atoms with E-state index in [2.05, 4.69) is 6.07 Å². The predicted molar refractivity (Wildman–Crippen MR) is 66.9 cm³/mol. The average Bonchev–Trinajstić information content (AvgIpc) is 2.86.